The van der Waals surface area contributed by atoms with E-state index in [1.54, 1.807) is 6.92 Å². The van der Waals surface area contributed by atoms with E-state index in [0.717, 1.165) is 24.9 Å². The molecular formula is C13H23NO. The van der Waals surface area contributed by atoms with E-state index < -0.39 is 0 Å². The van der Waals surface area contributed by atoms with Crippen molar-refractivity contribution in [3.63, 3.8) is 0 Å². The van der Waals surface area contributed by atoms with Crippen LogP contribution in [-0.4, -0.2) is 29.8 Å². The molecule has 0 spiro atoms. The fourth-order valence-corrected chi connectivity index (χ4v) is 3.31. The van der Waals surface area contributed by atoms with Gasteiger partial charge in [0.1, 0.15) is 5.78 Å². The van der Waals surface area contributed by atoms with Gasteiger partial charge in [-0.2, -0.15) is 0 Å². The van der Waals surface area contributed by atoms with Gasteiger partial charge in [-0.25, -0.2) is 0 Å². The third-order valence-corrected chi connectivity index (χ3v) is 4.11. The summed E-state index contributed by atoms with van der Waals surface area (Å²) in [5, 5.41) is 0. The lowest BCUT2D eigenvalue weighted by Crippen LogP contribution is -2.35. The van der Waals surface area contributed by atoms with E-state index in [2.05, 4.69) is 4.90 Å². The first kappa shape index (κ1) is 11.1. The van der Waals surface area contributed by atoms with Gasteiger partial charge in [0.25, 0.3) is 0 Å². The number of hydrogen-bond acceptors (Lipinski definition) is 2. The van der Waals surface area contributed by atoms with Crippen LogP contribution in [-0.2, 0) is 4.79 Å². The van der Waals surface area contributed by atoms with Crippen LogP contribution >= 0.6 is 0 Å². The molecule has 1 aliphatic carbocycles. The molecule has 1 saturated heterocycles. The molecule has 1 aliphatic heterocycles. The van der Waals surface area contributed by atoms with Crippen LogP contribution < -0.4 is 0 Å². The van der Waals surface area contributed by atoms with E-state index in [-0.39, 0.29) is 0 Å². The Morgan fingerprint density at radius 3 is 2.60 bits per heavy atom. The van der Waals surface area contributed by atoms with Gasteiger partial charge in [0.2, 0.25) is 0 Å². The van der Waals surface area contributed by atoms with Crippen LogP contribution in [0.5, 0.6) is 0 Å². The van der Waals surface area contributed by atoms with Crippen molar-refractivity contribution < 1.29 is 4.79 Å². The summed E-state index contributed by atoms with van der Waals surface area (Å²) in [7, 11) is 0. The molecule has 2 rings (SSSR count). The van der Waals surface area contributed by atoms with E-state index in [1.807, 2.05) is 0 Å². The van der Waals surface area contributed by atoms with Gasteiger partial charge in [0.15, 0.2) is 0 Å². The Labute approximate surface area is 93.0 Å². The molecule has 1 atom stereocenters. The van der Waals surface area contributed by atoms with Gasteiger partial charge in [0.05, 0.1) is 0 Å². The van der Waals surface area contributed by atoms with Crippen LogP contribution in [0.1, 0.15) is 51.9 Å². The first-order valence-corrected chi connectivity index (χ1v) is 6.51. The highest BCUT2D eigenvalue weighted by Gasteiger charge is 2.32. The number of ketones is 1. The Morgan fingerprint density at radius 2 is 1.93 bits per heavy atom. The lowest BCUT2D eigenvalue weighted by Gasteiger charge is -2.29. The summed E-state index contributed by atoms with van der Waals surface area (Å²) in [4.78, 5) is 13.6. The predicted octanol–water partition coefficient (Wildman–Crippen LogP) is 2.62. The van der Waals surface area contributed by atoms with Crippen LogP contribution in [0.3, 0.4) is 0 Å². The summed E-state index contributed by atoms with van der Waals surface area (Å²) in [5.41, 5.74) is 0. The largest absolute Gasteiger partial charge is 0.300 e. The van der Waals surface area contributed by atoms with Crippen LogP contribution in [0.2, 0.25) is 0 Å². The van der Waals surface area contributed by atoms with E-state index in [9.17, 15) is 4.79 Å². The lowest BCUT2D eigenvalue weighted by atomic mass is 9.96. The second kappa shape index (κ2) is 5.11. The smallest absolute Gasteiger partial charge is 0.131 e. The number of likely N-dealkylation sites (tertiary alicyclic amines) is 1. The van der Waals surface area contributed by atoms with Gasteiger partial charge < -0.3 is 0 Å². The molecule has 1 unspecified atom stereocenters. The predicted molar refractivity (Wildman–Crippen MR) is 61.9 cm³/mol. The first-order valence-electron chi connectivity index (χ1n) is 6.51. The summed E-state index contributed by atoms with van der Waals surface area (Å²) in [6.07, 6.45) is 9.21. The Bertz CT molecular complexity index is 221. The number of nitrogens with zero attached hydrogens (tertiary/aromatic N) is 1. The SMILES string of the molecule is CC(=O)CCN1CCCC1C1CCCC1. The summed E-state index contributed by atoms with van der Waals surface area (Å²) < 4.78 is 0. The molecule has 0 amide bonds. The maximum absolute atomic E-state index is 11.0. The van der Waals surface area contributed by atoms with Crippen molar-refractivity contribution in [1.29, 1.82) is 0 Å². The molecular weight excluding hydrogens is 186 g/mol. The van der Waals surface area contributed by atoms with Crippen molar-refractivity contribution >= 4 is 5.78 Å². The molecule has 0 bridgehead atoms. The maximum atomic E-state index is 11.0. The molecule has 0 aromatic rings. The molecule has 15 heavy (non-hydrogen) atoms. The summed E-state index contributed by atoms with van der Waals surface area (Å²) in [6.45, 7) is 3.95. The third-order valence-electron chi connectivity index (χ3n) is 4.11. The van der Waals surface area contributed by atoms with Gasteiger partial charge in [-0.3, -0.25) is 9.69 Å². The van der Waals surface area contributed by atoms with E-state index >= 15 is 0 Å². The Morgan fingerprint density at radius 1 is 1.20 bits per heavy atom. The van der Waals surface area contributed by atoms with Crippen molar-refractivity contribution in [2.75, 3.05) is 13.1 Å². The van der Waals surface area contributed by atoms with Gasteiger partial charge in [-0.05, 0) is 45.1 Å². The Hall–Kier alpha value is -0.370. The van der Waals surface area contributed by atoms with Crippen molar-refractivity contribution in [2.45, 2.75) is 57.9 Å². The molecule has 0 aromatic heterocycles. The minimum atomic E-state index is 0.340. The molecule has 86 valence electrons. The lowest BCUT2D eigenvalue weighted by molar-refractivity contribution is -0.117. The number of rotatable bonds is 4. The minimum Gasteiger partial charge on any atom is -0.300 e. The Kier molecular flexibility index (Phi) is 3.79. The molecule has 2 heteroatoms. The minimum absolute atomic E-state index is 0.340. The average Bonchev–Trinajstić information content (AvgIpc) is 2.85. The van der Waals surface area contributed by atoms with Crippen molar-refractivity contribution in [1.82, 2.24) is 4.90 Å². The summed E-state index contributed by atoms with van der Waals surface area (Å²) in [5.74, 6) is 1.28. The summed E-state index contributed by atoms with van der Waals surface area (Å²) >= 11 is 0. The second-order valence-corrected chi connectivity index (χ2v) is 5.24. The van der Waals surface area contributed by atoms with E-state index in [4.69, 9.17) is 0 Å². The zero-order chi connectivity index (χ0) is 10.7. The molecule has 2 aliphatic rings. The fourth-order valence-electron chi connectivity index (χ4n) is 3.31. The van der Waals surface area contributed by atoms with E-state index in [0.29, 0.717) is 5.78 Å². The molecule has 2 nitrogen and oxygen atoms in total. The topological polar surface area (TPSA) is 20.3 Å². The molecule has 0 aromatic carbocycles. The Balaban J connectivity index is 1.84. The molecule has 1 saturated carbocycles. The zero-order valence-corrected chi connectivity index (χ0v) is 9.87. The van der Waals surface area contributed by atoms with Crippen molar-refractivity contribution in [3.8, 4) is 0 Å². The highest BCUT2D eigenvalue weighted by molar-refractivity contribution is 5.75. The molecule has 0 N–H and O–H groups in total. The van der Waals surface area contributed by atoms with Crippen LogP contribution in [0.4, 0.5) is 0 Å². The normalized spacial score (nSPS) is 28.7. The number of carbonyl (C=O) groups excluding carboxylic acids is 1. The highest BCUT2D eigenvalue weighted by atomic mass is 16.1. The van der Waals surface area contributed by atoms with Crippen LogP contribution in [0.15, 0.2) is 0 Å². The molecule has 0 radical (unpaired) electrons. The monoisotopic (exact) mass is 209 g/mol. The first-order chi connectivity index (χ1) is 7.27. The second-order valence-electron chi connectivity index (χ2n) is 5.24. The third kappa shape index (κ3) is 2.81. The van der Waals surface area contributed by atoms with Crippen molar-refractivity contribution in [3.05, 3.63) is 0 Å². The number of Topliss-reactive ketones (excluding diaryl/α,β-unsaturated/α-hetero) is 1. The van der Waals surface area contributed by atoms with E-state index in [1.165, 1.54) is 45.1 Å². The fraction of sp³-hybridized carbons (Fsp3) is 0.923. The summed E-state index contributed by atoms with van der Waals surface area (Å²) in [6, 6.07) is 0.812. The highest BCUT2D eigenvalue weighted by Crippen LogP contribution is 2.35. The average molecular weight is 209 g/mol. The maximum Gasteiger partial charge on any atom is 0.131 e. The number of hydrogen-bond donors (Lipinski definition) is 0. The van der Waals surface area contributed by atoms with Gasteiger partial charge in [0, 0.05) is 19.0 Å². The van der Waals surface area contributed by atoms with Gasteiger partial charge >= 0.3 is 0 Å². The molecule has 1 heterocycles. The standard InChI is InChI=1S/C13H23NO/c1-11(15)8-10-14-9-4-7-13(14)12-5-2-3-6-12/h12-13H,2-10H2,1H3. The molecule has 2 fully saturated rings. The van der Waals surface area contributed by atoms with Crippen LogP contribution in [0, 0.1) is 5.92 Å². The van der Waals surface area contributed by atoms with Gasteiger partial charge in [-0.1, -0.05) is 12.8 Å². The van der Waals surface area contributed by atoms with Crippen LogP contribution in [0.25, 0.3) is 0 Å². The quantitative estimate of drug-likeness (QED) is 0.709. The van der Waals surface area contributed by atoms with Crippen molar-refractivity contribution in [2.24, 2.45) is 5.92 Å². The van der Waals surface area contributed by atoms with Gasteiger partial charge in [-0.15, -0.1) is 0 Å². The number of carbonyl (C=O) groups is 1. The zero-order valence-electron chi connectivity index (χ0n) is 9.87.